The standard InChI is InChI=1S/C19H21NO4/c1-15(21)22-10-9-20(12-16-5-3-2-4-6-16)13-17-7-8-18-19(11-17)24-14-23-18/h2-8,11H,9-10,12-14H2,1H3/p+1. The first-order chi connectivity index (χ1) is 11.7. The van der Waals surface area contributed by atoms with Crippen LogP contribution in [0.25, 0.3) is 0 Å². The van der Waals surface area contributed by atoms with Crippen molar-refractivity contribution in [1.29, 1.82) is 0 Å². The lowest BCUT2D eigenvalue weighted by atomic mass is 10.1. The molecule has 126 valence electrons. The Morgan fingerprint density at radius 1 is 1.04 bits per heavy atom. The van der Waals surface area contributed by atoms with Crippen LogP contribution in [0.1, 0.15) is 18.1 Å². The van der Waals surface area contributed by atoms with Crippen molar-refractivity contribution in [2.24, 2.45) is 0 Å². The number of fused-ring (bicyclic) bond motifs is 1. The third-order valence-corrected chi connectivity index (χ3v) is 3.95. The Morgan fingerprint density at radius 2 is 1.79 bits per heavy atom. The van der Waals surface area contributed by atoms with Crippen molar-refractivity contribution in [3.63, 3.8) is 0 Å². The predicted molar refractivity (Wildman–Crippen MR) is 88.9 cm³/mol. The Balaban J connectivity index is 1.67. The lowest BCUT2D eigenvalue weighted by Gasteiger charge is -2.20. The van der Waals surface area contributed by atoms with Crippen molar-refractivity contribution in [2.45, 2.75) is 20.0 Å². The molecule has 1 atom stereocenters. The van der Waals surface area contributed by atoms with E-state index in [9.17, 15) is 4.79 Å². The molecule has 1 unspecified atom stereocenters. The number of esters is 1. The van der Waals surface area contributed by atoms with Gasteiger partial charge in [-0.15, -0.1) is 0 Å². The number of rotatable bonds is 7. The highest BCUT2D eigenvalue weighted by Crippen LogP contribution is 2.32. The normalized spacial score (nSPS) is 13.5. The molecule has 0 saturated carbocycles. The van der Waals surface area contributed by atoms with Crippen LogP contribution < -0.4 is 14.4 Å². The lowest BCUT2D eigenvalue weighted by Crippen LogP contribution is -3.09. The minimum Gasteiger partial charge on any atom is -0.460 e. The van der Waals surface area contributed by atoms with Crippen LogP contribution in [0.15, 0.2) is 48.5 Å². The van der Waals surface area contributed by atoms with Gasteiger partial charge in [0.05, 0.1) is 0 Å². The summed E-state index contributed by atoms with van der Waals surface area (Å²) in [6, 6.07) is 16.4. The molecular weight excluding hydrogens is 306 g/mol. The van der Waals surface area contributed by atoms with E-state index in [1.807, 2.05) is 30.3 Å². The summed E-state index contributed by atoms with van der Waals surface area (Å²) in [5, 5.41) is 0. The molecule has 5 heteroatoms. The van der Waals surface area contributed by atoms with Crippen molar-refractivity contribution in [3.05, 3.63) is 59.7 Å². The maximum atomic E-state index is 11.0. The smallest absolute Gasteiger partial charge is 0.302 e. The average molecular weight is 328 g/mol. The molecule has 1 aliphatic heterocycles. The first-order valence-corrected chi connectivity index (χ1v) is 8.10. The van der Waals surface area contributed by atoms with E-state index in [2.05, 4.69) is 18.2 Å². The van der Waals surface area contributed by atoms with Gasteiger partial charge in [0.1, 0.15) is 26.2 Å². The second-order valence-electron chi connectivity index (χ2n) is 5.87. The minimum absolute atomic E-state index is 0.239. The first kappa shape index (κ1) is 16.3. The molecule has 1 N–H and O–H groups in total. The molecule has 0 amide bonds. The van der Waals surface area contributed by atoms with Crippen LogP contribution in [-0.4, -0.2) is 25.9 Å². The Labute approximate surface area is 141 Å². The summed E-state index contributed by atoms with van der Waals surface area (Å²) in [5.74, 6) is 1.35. The largest absolute Gasteiger partial charge is 0.460 e. The molecule has 2 aromatic carbocycles. The van der Waals surface area contributed by atoms with Crippen LogP contribution in [0, 0.1) is 0 Å². The van der Waals surface area contributed by atoms with Gasteiger partial charge in [-0.25, -0.2) is 0 Å². The molecule has 0 spiro atoms. The van der Waals surface area contributed by atoms with Gasteiger partial charge in [-0.2, -0.15) is 0 Å². The number of ether oxygens (including phenoxy) is 3. The fourth-order valence-corrected chi connectivity index (χ4v) is 2.80. The van der Waals surface area contributed by atoms with Crippen LogP contribution in [0.4, 0.5) is 0 Å². The zero-order chi connectivity index (χ0) is 16.8. The Hall–Kier alpha value is -2.53. The van der Waals surface area contributed by atoms with Crippen LogP contribution in [0.3, 0.4) is 0 Å². The number of carbonyl (C=O) groups is 1. The van der Waals surface area contributed by atoms with Gasteiger partial charge in [0.15, 0.2) is 11.5 Å². The van der Waals surface area contributed by atoms with E-state index in [-0.39, 0.29) is 12.8 Å². The monoisotopic (exact) mass is 328 g/mol. The second kappa shape index (κ2) is 7.84. The fraction of sp³-hybridized carbons (Fsp3) is 0.316. The van der Waals surface area contributed by atoms with Gasteiger partial charge in [-0.1, -0.05) is 30.3 Å². The molecule has 0 bridgehead atoms. The number of quaternary nitrogens is 1. The van der Waals surface area contributed by atoms with Crippen molar-refractivity contribution in [3.8, 4) is 11.5 Å². The Morgan fingerprint density at radius 3 is 2.58 bits per heavy atom. The van der Waals surface area contributed by atoms with E-state index in [1.165, 1.54) is 23.0 Å². The van der Waals surface area contributed by atoms with Crippen LogP contribution >= 0.6 is 0 Å². The Kier molecular flexibility index (Phi) is 5.33. The summed E-state index contributed by atoms with van der Waals surface area (Å²) in [5.41, 5.74) is 2.43. The van der Waals surface area contributed by atoms with E-state index in [1.54, 1.807) is 0 Å². The molecule has 0 radical (unpaired) electrons. The van der Waals surface area contributed by atoms with Crippen LogP contribution in [0.5, 0.6) is 11.5 Å². The van der Waals surface area contributed by atoms with Gasteiger partial charge in [-0.05, 0) is 18.2 Å². The van der Waals surface area contributed by atoms with E-state index >= 15 is 0 Å². The maximum absolute atomic E-state index is 11.0. The number of benzene rings is 2. The van der Waals surface area contributed by atoms with Gasteiger partial charge in [-0.3, -0.25) is 4.79 Å². The first-order valence-electron chi connectivity index (χ1n) is 8.10. The van der Waals surface area contributed by atoms with Crippen molar-refractivity contribution < 1.29 is 23.9 Å². The molecule has 1 heterocycles. The second-order valence-corrected chi connectivity index (χ2v) is 5.87. The highest BCUT2D eigenvalue weighted by atomic mass is 16.7. The summed E-state index contributed by atoms with van der Waals surface area (Å²) >= 11 is 0. The summed E-state index contributed by atoms with van der Waals surface area (Å²) in [4.78, 5) is 12.3. The molecule has 24 heavy (non-hydrogen) atoms. The summed E-state index contributed by atoms with van der Waals surface area (Å²) in [6.07, 6.45) is 0. The SMILES string of the molecule is CC(=O)OCC[NH+](Cc1ccccc1)Cc1ccc2c(c1)OCO2. The summed E-state index contributed by atoms with van der Waals surface area (Å²) in [7, 11) is 0. The molecule has 1 aliphatic rings. The zero-order valence-electron chi connectivity index (χ0n) is 13.8. The van der Waals surface area contributed by atoms with E-state index in [4.69, 9.17) is 14.2 Å². The number of nitrogens with one attached hydrogen (secondary N) is 1. The molecular formula is C19H22NO4+. The van der Waals surface area contributed by atoms with Gasteiger partial charge in [0, 0.05) is 18.1 Å². The number of carbonyl (C=O) groups excluding carboxylic acids is 1. The lowest BCUT2D eigenvalue weighted by molar-refractivity contribution is -0.927. The van der Waals surface area contributed by atoms with Crippen molar-refractivity contribution in [1.82, 2.24) is 0 Å². The fourth-order valence-electron chi connectivity index (χ4n) is 2.80. The van der Waals surface area contributed by atoms with Gasteiger partial charge >= 0.3 is 5.97 Å². The van der Waals surface area contributed by atoms with E-state index in [0.29, 0.717) is 6.61 Å². The highest BCUT2D eigenvalue weighted by molar-refractivity contribution is 5.65. The molecule has 2 aromatic rings. The Bertz CT molecular complexity index is 687. The molecule has 3 rings (SSSR count). The summed E-state index contributed by atoms with van der Waals surface area (Å²) < 4.78 is 15.9. The zero-order valence-corrected chi connectivity index (χ0v) is 13.8. The summed E-state index contributed by atoms with van der Waals surface area (Å²) in [6.45, 7) is 4.59. The van der Waals surface area contributed by atoms with Crippen molar-refractivity contribution in [2.75, 3.05) is 19.9 Å². The molecule has 0 saturated heterocycles. The van der Waals surface area contributed by atoms with Gasteiger partial charge < -0.3 is 19.1 Å². The highest BCUT2D eigenvalue weighted by Gasteiger charge is 2.16. The molecule has 0 aliphatic carbocycles. The topological polar surface area (TPSA) is 49.2 Å². The van der Waals surface area contributed by atoms with Gasteiger partial charge in [0.25, 0.3) is 0 Å². The maximum Gasteiger partial charge on any atom is 0.302 e. The quantitative estimate of drug-likeness (QED) is 0.784. The number of hydrogen-bond donors (Lipinski definition) is 1. The van der Waals surface area contributed by atoms with Crippen LogP contribution in [-0.2, 0) is 22.6 Å². The number of hydrogen-bond acceptors (Lipinski definition) is 4. The van der Waals surface area contributed by atoms with E-state index < -0.39 is 0 Å². The third kappa shape index (κ3) is 4.49. The molecule has 0 aromatic heterocycles. The van der Waals surface area contributed by atoms with Gasteiger partial charge in [0.2, 0.25) is 6.79 Å². The minimum atomic E-state index is -0.239. The van der Waals surface area contributed by atoms with Crippen LogP contribution in [0.2, 0.25) is 0 Å². The predicted octanol–water partition coefficient (Wildman–Crippen LogP) is 1.56. The average Bonchev–Trinajstić information content (AvgIpc) is 3.03. The third-order valence-electron chi connectivity index (χ3n) is 3.95. The molecule has 0 fully saturated rings. The van der Waals surface area contributed by atoms with E-state index in [0.717, 1.165) is 31.1 Å². The van der Waals surface area contributed by atoms with Crippen molar-refractivity contribution >= 4 is 5.97 Å². The molecule has 5 nitrogen and oxygen atoms in total.